The normalized spacial score (nSPS) is 13.7. The molecule has 0 unspecified atom stereocenters. The number of aromatic nitrogens is 2. The Balaban J connectivity index is 1.72. The average Bonchev–Trinajstić information content (AvgIpc) is 2.54. The van der Waals surface area contributed by atoms with Crippen molar-refractivity contribution in [3.63, 3.8) is 0 Å². The first-order valence-corrected chi connectivity index (χ1v) is 8.04. The molecule has 2 aromatic rings. The number of pyridine rings is 2. The van der Waals surface area contributed by atoms with Gasteiger partial charge in [0.2, 0.25) is 0 Å². The molecular weight excluding hydrogens is 274 g/mol. The standard InChI is InChI=1S/C18H23N3O/c1-13-10-14(17-4-2-3-5-18(17)21-13)11-19-16-7-6-15(8-9-22)20-12-16/h6-7,10,12,19,22H,2-5,8-9,11H2,1H3. The first kappa shape index (κ1) is 15.0. The molecule has 0 fully saturated rings. The second kappa shape index (κ2) is 6.88. The van der Waals surface area contributed by atoms with Crippen molar-refractivity contribution in [2.75, 3.05) is 11.9 Å². The number of nitrogens with one attached hydrogen (secondary N) is 1. The average molecular weight is 297 g/mol. The molecule has 4 heteroatoms. The van der Waals surface area contributed by atoms with Crippen LogP contribution in [0, 0.1) is 6.92 Å². The minimum Gasteiger partial charge on any atom is -0.396 e. The third-order valence-electron chi connectivity index (χ3n) is 4.20. The van der Waals surface area contributed by atoms with Crippen molar-refractivity contribution < 1.29 is 5.11 Å². The summed E-state index contributed by atoms with van der Waals surface area (Å²) in [6.07, 6.45) is 7.23. The van der Waals surface area contributed by atoms with Gasteiger partial charge in [-0.15, -0.1) is 0 Å². The van der Waals surface area contributed by atoms with Crippen LogP contribution in [0.15, 0.2) is 24.4 Å². The lowest BCUT2D eigenvalue weighted by Crippen LogP contribution is -2.12. The van der Waals surface area contributed by atoms with Gasteiger partial charge in [0.25, 0.3) is 0 Å². The number of hydrogen-bond donors (Lipinski definition) is 2. The van der Waals surface area contributed by atoms with Gasteiger partial charge < -0.3 is 10.4 Å². The maximum absolute atomic E-state index is 8.92. The molecule has 0 bridgehead atoms. The Hall–Kier alpha value is -1.94. The summed E-state index contributed by atoms with van der Waals surface area (Å²) in [5, 5.41) is 12.4. The van der Waals surface area contributed by atoms with E-state index in [2.05, 4.69) is 23.3 Å². The van der Waals surface area contributed by atoms with Crippen LogP contribution in [0.3, 0.4) is 0 Å². The number of rotatable bonds is 5. The van der Waals surface area contributed by atoms with E-state index in [0.717, 1.165) is 36.5 Å². The smallest absolute Gasteiger partial charge is 0.0529 e. The molecule has 1 aliphatic carbocycles. The Morgan fingerprint density at radius 1 is 1.23 bits per heavy atom. The summed E-state index contributed by atoms with van der Waals surface area (Å²) in [5.41, 5.74) is 7.13. The number of anilines is 1. The van der Waals surface area contributed by atoms with Crippen LogP contribution in [-0.2, 0) is 25.8 Å². The molecule has 4 nitrogen and oxygen atoms in total. The van der Waals surface area contributed by atoms with Crippen LogP contribution in [0.2, 0.25) is 0 Å². The molecule has 0 saturated carbocycles. The van der Waals surface area contributed by atoms with Crippen LogP contribution in [0.4, 0.5) is 5.69 Å². The molecule has 0 aromatic carbocycles. The predicted octanol–water partition coefficient (Wildman–Crippen LogP) is 2.81. The van der Waals surface area contributed by atoms with Crippen molar-refractivity contribution in [1.29, 1.82) is 0 Å². The summed E-state index contributed by atoms with van der Waals surface area (Å²) in [4.78, 5) is 9.05. The maximum Gasteiger partial charge on any atom is 0.0529 e. The van der Waals surface area contributed by atoms with Crippen molar-refractivity contribution in [1.82, 2.24) is 9.97 Å². The van der Waals surface area contributed by atoms with Gasteiger partial charge in [0.1, 0.15) is 0 Å². The molecule has 0 spiro atoms. The van der Waals surface area contributed by atoms with Gasteiger partial charge in [0, 0.05) is 36.7 Å². The first-order chi connectivity index (χ1) is 10.8. The van der Waals surface area contributed by atoms with E-state index in [0.29, 0.717) is 6.42 Å². The summed E-state index contributed by atoms with van der Waals surface area (Å²) >= 11 is 0. The highest BCUT2D eigenvalue weighted by molar-refractivity contribution is 5.44. The number of aliphatic hydroxyl groups excluding tert-OH is 1. The third-order valence-corrected chi connectivity index (χ3v) is 4.20. The summed E-state index contributed by atoms with van der Waals surface area (Å²) in [7, 11) is 0. The topological polar surface area (TPSA) is 58.0 Å². The molecule has 0 atom stereocenters. The van der Waals surface area contributed by atoms with Crippen molar-refractivity contribution in [3.8, 4) is 0 Å². The Bertz CT molecular complexity index is 638. The lowest BCUT2D eigenvalue weighted by Gasteiger charge is -2.20. The summed E-state index contributed by atoms with van der Waals surface area (Å²) in [6, 6.07) is 6.19. The minimum absolute atomic E-state index is 0.141. The van der Waals surface area contributed by atoms with Gasteiger partial charge >= 0.3 is 0 Å². The van der Waals surface area contributed by atoms with Gasteiger partial charge in [-0.3, -0.25) is 9.97 Å². The second-order valence-corrected chi connectivity index (χ2v) is 5.92. The van der Waals surface area contributed by atoms with E-state index in [-0.39, 0.29) is 6.61 Å². The van der Waals surface area contributed by atoms with Gasteiger partial charge in [0.15, 0.2) is 0 Å². The van der Waals surface area contributed by atoms with E-state index in [1.807, 2.05) is 18.3 Å². The van der Waals surface area contributed by atoms with Crippen LogP contribution in [0.5, 0.6) is 0 Å². The highest BCUT2D eigenvalue weighted by atomic mass is 16.3. The maximum atomic E-state index is 8.92. The van der Waals surface area contributed by atoms with Gasteiger partial charge in [-0.25, -0.2) is 0 Å². The molecule has 2 aromatic heterocycles. The highest BCUT2D eigenvalue weighted by Crippen LogP contribution is 2.24. The van der Waals surface area contributed by atoms with Crippen molar-refractivity contribution in [2.24, 2.45) is 0 Å². The van der Waals surface area contributed by atoms with Gasteiger partial charge in [0.05, 0.1) is 11.9 Å². The molecule has 2 heterocycles. The van der Waals surface area contributed by atoms with Crippen LogP contribution >= 0.6 is 0 Å². The number of nitrogens with zero attached hydrogens (tertiary/aromatic N) is 2. The first-order valence-electron chi connectivity index (χ1n) is 8.04. The fraction of sp³-hybridized carbons (Fsp3) is 0.444. The molecule has 0 saturated heterocycles. The molecular formula is C18H23N3O. The zero-order valence-electron chi connectivity index (χ0n) is 13.1. The van der Waals surface area contributed by atoms with Crippen LogP contribution in [0.1, 0.15) is 41.1 Å². The van der Waals surface area contributed by atoms with E-state index < -0.39 is 0 Å². The van der Waals surface area contributed by atoms with E-state index in [4.69, 9.17) is 10.1 Å². The van der Waals surface area contributed by atoms with Crippen LogP contribution in [-0.4, -0.2) is 21.7 Å². The van der Waals surface area contributed by atoms with Gasteiger partial charge in [-0.1, -0.05) is 0 Å². The number of fused-ring (bicyclic) bond motifs is 1. The lowest BCUT2D eigenvalue weighted by molar-refractivity contribution is 0.298. The summed E-state index contributed by atoms with van der Waals surface area (Å²) in [5.74, 6) is 0. The largest absolute Gasteiger partial charge is 0.396 e. The van der Waals surface area contributed by atoms with Crippen molar-refractivity contribution in [2.45, 2.75) is 45.6 Å². The molecule has 3 rings (SSSR count). The van der Waals surface area contributed by atoms with E-state index >= 15 is 0 Å². The fourth-order valence-corrected chi connectivity index (χ4v) is 3.09. The minimum atomic E-state index is 0.141. The predicted molar refractivity (Wildman–Crippen MR) is 88.0 cm³/mol. The molecule has 0 amide bonds. The number of hydrogen-bond acceptors (Lipinski definition) is 4. The monoisotopic (exact) mass is 297 g/mol. The van der Waals surface area contributed by atoms with Crippen LogP contribution in [0.25, 0.3) is 0 Å². The second-order valence-electron chi connectivity index (χ2n) is 5.92. The molecule has 2 N–H and O–H groups in total. The van der Waals surface area contributed by atoms with Crippen LogP contribution < -0.4 is 5.32 Å². The summed E-state index contributed by atoms with van der Waals surface area (Å²) in [6.45, 7) is 3.03. The zero-order valence-corrected chi connectivity index (χ0v) is 13.1. The van der Waals surface area contributed by atoms with Gasteiger partial charge in [-0.2, -0.15) is 0 Å². The highest BCUT2D eigenvalue weighted by Gasteiger charge is 2.15. The quantitative estimate of drug-likeness (QED) is 0.891. The molecule has 116 valence electrons. The summed E-state index contributed by atoms with van der Waals surface area (Å²) < 4.78 is 0. The van der Waals surface area contributed by atoms with E-state index in [1.165, 1.54) is 29.7 Å². The van der Waals surface area contributed by atoms with E-state index in [1.54, 1.807) is 0 Å². The molecule has 0 aliphatic heterocycles. The third kappa shape index (κ3) is 3.45. The fourth-order valence-electron chi connectivity index (χ4n) is 3.09. The SMILES string of the molecule is Cc1cc(CNc2ccc(CCO)nc2)c2c(n1)CCCC2. The Labute approximate surface area is 131 Å². The Morgan fingerprint density at radius 3 is 2.86 bits per heavy atom. The number of aliphatic hydroxyl groups is 1. The molecule has 22 heavy (non-hydrogen) atoms. The Morgan fingerprint density at radius 2 is 2.09 bits per heavy atom. The lowest BCUT2D eigenvalue weighted by atomic mass is 9.91. The zero-order chi connectivity index (χ0) is 15.4. The van der Waals surface area contributed by atoms with E-state index in [9.17, 15) is 0 Å². The Kier molecular flexibility index (Phi) is 4.68. The van der Waals surface area contributed by atoms with Crippen molar-refractivity contribution >= 4 is 5.69 Å². The molecule has 0 radical (unpaired) electrons. The number of aryl methyl sites for hydroxylation is 2. The molecule has 1 aliphatic rings. The van der Waals surface area contributed by atoms with Gasteiger partial charge in [-0.05, 0) is 61.9 Å². The van der Waals surface area contributed by atoms with Crippen molar-refractivity contribution in [3.05, 3.63) is 52.6 Å².